The first-order chi connectivity index (χ1) is 18.0. The van der Waals surface area contributed by atoms with Crippen LogP contribution in [0.15, 0.2) is 75.8 Å². The third-order valence-electron chi connectivity index (χ3n) is 5.58. The molecule has 9 nitrogen and oxygen atoms in total. The number of hydrogen-bond acceptors (Lipinski definition) is 7. The molecule has 39 heavy (non-hydrogen) atoms. The SMILES string of the molecule is CCOc1ccc(Cl)c(NC(=O)c2cc3ccccc3c(N=Nc3ccc(S(=O)(=O)O)c(Cl)c3C)c2[O-])c1.[Na+]. The number of hydrogen-bond donors (Lipinski definition) is 2. The fourth-order valence-corrected chi connectivity index (χ4v) is 4.92. The number of halogens is 2. The molecule has 0 saturated carbocycles. The molecule has 0 saturated heterocycles. The van der Waals surface area contributed by atoms with Crippen molar-refractivity contribution >= 4 is 67.1 Å². The number of nitrogens with zero attached hydrogens (tertiary/aromatic N) is 2. The normalized spacial score (nSPS) is 11.4. The quantitative estimate of drug-likeness (QED) is 0.189. The Bertz CT molecular complexity index is 1710. The molecule has 4 rings (SSSR count). The smallest absolute Gasteiger partial charge is 0.870 e. The van der Waals surface area contributed by atoms with Crippen LogP contribution in [0.4, 0.5) is 17.1 Å². The fourth-order valence-electron chi connectivity index (χ4n) is 3.69. The second kappa shape index (κ2) is 12.6. The van der Waals surface area contributed by atoms with Crippen LogP contribution in [-0.2, 0) is 10.1 Å². The Morgan fingerprint density at radius 2 is 1.79 bits per heavy atom. The molecule has 0 spiro atoms. The van der Waals surface area contributed by atoms with Crippen molar-refractivity contribution < 1.29 is 57.2 Å². The summed E-state index contributed by atoms with van der Waals surface area (Å²) in [4.78, 5) is 12.7. The van der Waals surface area contributed by atoms with Gasteiger partial charge >= 0.3 is 29.6 Å². The average molecular weight is 596 g/mol. The zero-order valence-electron chi connectivity index (χ0n) is 21.0. The molecule has 0 aliphatic carbocycles. The summed E-state index contributed by atoms with van der Waals surface area (Å²) in [6.45, 7) is 3.73. The Morgan fingerprint density at radius 3 is 2.49 bits per heavy atom. The summed E-state index contributed by atoms with van der Waals surface area (Å²) in [6.07, 6.45) is 0. The van der Waals surface area contributed by atoms with Gasteiger partial charge in [0.15, 0.2) is 0 Å². The van der Waals surface area contributed by atoms with Gasteiger partial charge in [0.05, 0.1) is 33.7 Å². The van der Waals surface area contributed by atoms with Gasteiger partial charge in [-0.15, -0.1) is 0 Å². The zero-order chi connectivity index (χ0) is 27.6. The number of nitrogens with one attached hydrogen (secondary N) is 1. The Labute approximate surface area is 256 Å². The van der Waals surface area contributed by atoms with E-state index < -0.39 is 26.7 Å². The average Bonchev–Trinajstić information content (AvgIpc) is 2.86. The molecule has 0 bridgehead atoms. The van der Waals surface area contributed by atoms with Crippen LogP contribution in [0.1, 0.15) is 22.8 Å². The zero-order valence-corrected chi connectivity index (χ0v) is 25.4. The van der Waals surface area contributed by atoms with Gasteiger partial charge in [-0.25, -0.2) is 0 Å². The van der Waals surface area contributed by atoms with Gasteiger partial charge < -0.3 is 15.2 Å². The molecular weight excluding hydrogens is 576 g/mol. The van der Waals surface area contributed by atoms with Crippen molar-refractivity contribution in [2.75, 3.05) is 11.9 Å². The van der Waals surface area contributed by atoms with Crippen LogP contribution in [0, 0.1) is 6.92 Å². The van der Waals surface area contributed by atoms with Crippen LogP contribution in [0.3, 0.4) is 0 Å². The van der Waals surface area contributed by atoms with E-state index in [1.807, 2.05) is 6.92 Å². The van der Waals surface area contributed by atoms with Crippen molar-refractivity contribution in [3.05, 3.63) is 81.8 Å². The number of benzene rings is 4. The molecule has 0 radical (unpaired) electrons. The summed E-state index contributed by atoms with van der Waals surface area (Å²) >= 11 is 12.3. The first-order valence-electron chi connectivity index (χ1n) is 11.2. The van der Waals surface area contributed by atoms with E-state index in [2.05, 4.69) is 15.5 Å². The van der Waals surface area contributed by atoms with Gasteiger partial charge in [-0.1, -0.05) is 53.2 Å². The van der Waals surface area contributed by atoms with E-state index in [0.29, 0.717) is 23.1 Å². The maximum atomic E-state index is 13.4. The first kappa shape index (κ1) is 30.8. The number of ether oxygens (including phenoxy) is 1. The summed E-state index contributed by atoms with van der Waals surface area (Å²) in [6, 6.07) is 15.5. The number of amides is 1. The van der Waals surface area contributed by atoms with E-state index in [0.717, 1.165) is 6.07 Å². The summed E-state index contributed by atoms with van der Waals surface area (Å²) in [5.74, 6) is -0.888. The summed E-state index contributed by atoms with van der Waals surface area (Å²) in [5, 5.41) is 25.3. The Hall–Kier alpha value is -2.70. The first-order valence-corrected chi connectivity index (χ1v) is 13.4. The minimum absolute atomic E-state index is 0. The minimum Gasteiger partial charge on any atom is -0.870 e. The fraction of sp³-hybridized carbons (Fsp3) is 0.115. The van der Waals surface area contributed by atoms with E-state index in [1.165, 1.54) is 19.1 Å². The van der Waals surface area contributed by atoms with Crippen molar-refractivity contribution in [1.29, 1.82) is 0 Å². The van der Waals surface area contributed by atoms with E-state index in [4.69, 9.17) is 27.9 Å². The molecule has 1 amide bonds. The molecule has 0 aromatic heterocycles. The van der Waals surface area contributed by atoms with Gasteiger partial charge in [-0.05, 0) is 55.1 Å². The minimum atomic E-state index is -4.54. The van der Waals surface area contributed by atoms with Crippen LogP contribution in [0.25, 0.3) is 10.8 Å². The van der Waals surface area contributed by atoms with Crippen LogP contribution in [0.2, 0.25) is 10.0 Å². The summed E-state index contributed by atoms with van der Waals surface area (Å²) in [7, 11) is -4.54. The Morgan fingerprint density at radius 1 is 1.08 bits per heavy atom. The third-order valence-corrected chi connectivity index (χ3v) is 7.40. The number of carbonyl (C=O) groups is 1. The van der Waals surface area contributed by atoms with Gasteiger partial charge in [0.2, 0.25) is 0 Å². The summed E-state index contributed by atoms with van der Waals surface area (Å²) < 4.78 is 37.8. The number of carbonyl (C=O) groups excluding carboxylic acids is 1. The maximum Gasteiger partial charge on any atom is 1.00 e. The molecule has 4 aromatic carbocycles. The van der Waals surface area contributed by atoms with Gasteiger partial charge in [0, 0.05) is 17.0 Å². The van der Waals surface area contributed by atoms with E-state index in [1.54, 1.807) is 42.5 Å². The molecule has 0 aliphatic heterocycles. The standard InChI is InChI=1S/C26H21Cl2N3O6S.Na/c1-3-37-16-8-9-19(27)21(13-16)29-26(33)18-12-15-6-4-5-7-17(15)24(25(18)32)31-30-20-10-11-22(38(34,35)36)23(28)14(20)2;/h4-13,32H,3H2,1-2H3,(H,29,33)(H,34,35,36);/q;+1/p-1. The number of rotatable bonds is 7. The van der Waals surface area contributed by atoms with E-state index >= 15 is 0 Å². The van der Waals surface area contributed by atoms with E-state index in [9.17, 15) is 22.9 Å². The third kappa shape index (κ3) is 6.72. The molecule has 0 unspecified atom stereocenters. The van der Waals surface area contributed by atoms with Crippen LogP contribution in [-0.4, -0.2) is 25.5 Å². The van der Waals surface area contributed by atoms with Crippen molar-refractivity contribution in [3.63, 3.8) is 0 Å². The molecule has 4 aromatic rings. The van der Waals surface area contributed by atoms with Gasteiger partial charge in [0.25, 0.3) is 16.0 Å². The van der Waals surface area contributed by atoms with Crippen LogP contribution >= 0.6 is 23.2 Å². The van der Waals surface area contributed by atoms with Crippen LogP contribution in [0.5, 0.6) is 11.5 Å². The van der Waals surface area contributed by atoms with Crippen molar-refractivity contribution in [2.45, 2.75) is 18.7 Å². The molecule has 0 heterocycles. The monoisotopic (exact) mass is 595 g/mol. The molecule has 13 heteroatoms. The topological polar surface area (TPSA) is 140 Å². The summed E-state index contributed by atoms with van der Waals surface area (Å²) in [5.41, 5.74) is 0.367. The van der Waals surface area contributed by atoms with Crippen molar-refractivity contribution in [2.24, 2.45) is 10.2 Å². The number of azo groups is 1. The second-order valence-corrected chi connectivity index (χ2v) is 10.2. The molecule has 0 fully saturated rings. The van der Waals surface area contributed by atoms with Crippen molar-refractivity contribution in [3.8, 4) is 11.5 Å². The van der Waals surface area contributed by atoms with Crippen molar-refractivity contribution in [1.82, 2.24) is 0 Å². The maximum absolute atomic E-state index is 13.4. The predicted octanol–water partition coefficient (Wildman–Crippen LogP) is 3.85. The molecular formula is C26H20Cl2N3NaO6S. The van der Waals surface area contributed by atoms with Gasteiger partial charge in [-0.2, -0.15) is 18.6 Å². The molecule has 0 atom stereocenters. The molecule has 196 valence electrons. The Kier molecular flexibility index (Phi) is 10.0. The molecule has 2 N–H and O–H groups in total. The van der Waals surface area contributed by atoms with E-state index in [-0.39, 0.29) is 67.8 Å². The van der Waals surface area contributed by atoms with Crippen LogP contribution < -0.4 is 44.7 Å². The Balaban J connectivity index is 0.00000420. The molecule has 0 aliphatic rings. The van der Waals surface area contributed by atoms with Gasteiger partial charge in [-0.3, -0.25) is 9.35 Å². The predicted molar refractivity (Wildman–Crippen MR) is 144 cm³/mol. The van der Waals surface area contributed by atoms with Gasteiger partial charge in [0.1, 0.15) is 10.6 Å². The number of anilines is 1. The number of fused-ring (bicyclic) bond motifs is 1. The second-order valence-electron chi connectivity index (χ2n) is 8.05. The largest absolute Gasteiger partial charge is 1.00 e.